The highest BCUT2D eigenvalue weighted by atomic mass is 127. The normalized spacial score (nSPS) is 12.5. The first-order chi connectivity index (χ1) is 6.02. The van der Waals surface area contributed by atoms with Crippen LogP contribution in [0.3, 0.4) is 0 Å². The molecule has 0 bridgehead atoms. The largest absolute Gasteiger partial charge is 0.479 e. The summed E-state index contributed by atoms with van der Waals surface area (Å²) in [4.78, 5) is 10.4. The molecule has 0 aliphatic heterocycles. The van der Waals surface area contributed by atoms with Crippen LogP contribution in [-0.4, -0.2) is 16.2 Å². The number of aliphatic hydroxyl groups excluding tert-OH is 1. The Morgan fingerprint density at radius 2 is 2.15 bits per heavy atom. The van der Waals surface area contributed by atoms with Gasteiger partial charge >= 0.3 is 5.97 Å². The van der Waals surface area contributed by atoms with Crippen LogP contribution in [0.4, 0.5) is 5.69 Å². The molecule has 1 rings (SSSR count). The Balaban J connectivity index is 3.03. The van der Waals surface area contributed by atoms with E-state index in [0.29, 0.717) is 11.3 Å². The number of rotatable bonds is 2. The summed E-state index contributed by atoms with van der Waals surface area (Å²) in [5.41, 5.74) is 6.44. The summed E-state index contributed by atoms with van der Waals surface area (Å²) in [6, 6.07) is 4.62. The Morgan fingerprint density at radius 3 is 2.62 bits per heavy atom. The van der Waals surface area contributed by atoms with Crippen molar-refractivity contribution in [2.24, 2.45) is 0 Å². The topological polar surface area (TPSA) is 83.5 Å². The van der Waals surface area contributed by atoms with E-state index in [1.165, 1.54) is 6.07 Å². The smallest absolute Gasteiger partial charge is 0.337 e. The van der Waals surface area contributed by atoms with Gasteiger partial charge in [-0.05, 0) is 40.3 Å². The fourth-order valence-electron chi connectivity index (χ4n) is 0.856. The molecule has 1 aromatic carbocycles. The van der Waals surface area contributed by atoms with Crippen LogP contribution in [0.15, 0.2) is 18.2 Å². The number of carboxylic acids is 1. The number of benzene rings is 1. The fourth-order valence-corrected chi connectivity index (χ4v) is 1.40. The molecule has 1 atom stereocenters. The van der Waals surface area contributed by atoms with Crippen molar-refractivity contribution in [3.63, 3.8) is 0 Å². The van der Waals surface area contributed by atoms with Crippen LogP contribution in [0.5, 0.6) is 0 Å². The number of hydrogen-bond acceptors (Lipinski definition) is 3. The highest BCUT2D eigenvalue weighted by molar-refractivity contribution is 14.1. The quantitative estimate of drug-likeness (QED) is 0.561. The number of anilines is 1. The van der Waals surface area contributed by atoms with Crippen LogP contribution in [0.25, 0.3) is 0 Å². The maximum Gasteiger partial charge on any atom is 0.337 e. The molecule has 0 fully saturated rings. The van der Waals surface area contributed by atoms with Gasteiger partial charge in [-0.1, -0.05) is 6.07 Å². The molecule has 1 aromatic rings. The maximum absolute atomic E-state index is 10.4. The Bertz CT molecular complexity index is 340. The third-order valence-corrected chi connectivity index (χ3v) is 2.51. The van der Waals surface area contributed by atoms with Gasteiger partial charge in [-0.25, -0.2) is 4.79 Å². The number of nitrogens with two attached hydrogens (primary N) is 1. The molecule has 5 heteroatoms. The van der Waals surface area contributed by atoms with E-state index >= 15 is 0 Å². The minimum atomic E-state index is -1.48. The zero-order valence-electron chi connectivity index (χ0n) is 6.57. The van der Waals surface area contributed by atoms with Crippen LogP contribution >= 0.6 is 22.6 Å². The van der Waals surface area contributed by atoms with Gasteiger partial charge in [0, 0.05) is 9.26 Å². The van der Waals surface area contributed by atoms with E-state index in [-0.39, 0.29) is 0 Å². The number of aliphatic carboxylic acids is 1. The summed E-state index contributed by atoms with van der Waals surface area (Å²) in [5, 5.41) is 17.7. The van der Waals surface area contributed by atoms with Crippen molar-refractivity contribution < 1.29 is 15.0 Å². The average molecular weight is 293 g/mol. The molecule has 0 radical (unpaired) electrons. The number of carboxylic acid groups (broad SMARTS) is 1. The van der Waals surface area contributed by atoms with Crippen LogP contribution in [0.2, 0.25) is 0 Å². The van der Waals surface area contributed by atoms with Crippen LogP contribution in [0, 0.1) is 3.57 Å². The summed E-state index contributed by atoms with van der Waals surface area (Å²) in [5.74, 6) is -1.26. The van der Waals surface area contributed by atoms with E-state index in [1.807, 2.05) is 22.6 Å². The first-order valence-electron chi connectivity index (χ1n) is 3.48. The van der Waals surface area contributed by atoms with Crippen molar-refractivity contribution in [3.8, 4) is 0 Å². The summed E-state index contributed by atoms with van der Waals surface area (Å²) in [6.07, 6.45) is -1.48. The second-order valence-electron chi connectivity index (χ2n) is 2.52. The third-order valence-electron chi connectivity index (χ3n) is 1.57. The van der Waals surface area contributed by atoms with Crippen molar-refractivity contribution in [1.29, 1.82) is 0 Å². The summed E-state index contributed by atoms with van der Waals surface area (Å²) >= 11 is 1.98. The molecule has 13 heavy (non-hydrogen) atoms. The van der Waals surface area contributed by atoms with E-state index in [0.717, 1.165) is 3.57 Å². The monoisotopic (exact) mass is 293 g/mol. The molecule has 0 aliphatic rings. The van der Waals surface area contributed by atoms with Crippen LogP contribution in [-0.2, 0) is 4.79 Å². The molecule has 1 unspecified atom stereocenters. The Morgan fingerprint density at radius 1 is 1.54 bits per heavy atom. The first-order valence-corrected chi connectivity index (χ1v) is 4.56. The minimum absolute atomic E-state index is 0.339. The second-order valence-corrected chi connectivity index (χ2v) is 3.68. The van der Waals surface area contributed by atoms with Gasteiger partial charge < -0.3 is 15.9 Å². The number of aliphatic hydroxyl groups is 1. The van der Waals surface area contributed by atoms with Crippen molar-refractivity contribution in [2.45, 2.75) is 6.10 Å². The Hall–Kier alpha value is -0.820. The third kappa shape index (κ3) is 2.31. The van der Waals surface area contributed by atoms with Gasteiger partial charge in [-0.3, -0.25) is 0 Å². The SMILES string of the molecule is Nc1ccc(C(O)C(=O)O)cc1I. The van der Waals surface area contributed by atoms with Crippen molar-refractivity contribution in [3.05, 3.63) is 27.3 Å². The van der Waals surface area contributed by atoms with Gasteiger partial charge in [0.2, 0.25) is 0 Å². The number of nitrogen functional groups attached to an aromatic ring is 1. The molecule has 0 aromatic heterocycles. The van der Waals surface area contributed by atoms with Crippen molar-refractivity contribution in [2.75, 3.05) is 5.73 Å². The standard InChI is InChI=1S/C8H8INO3/c9-5-3-4(1-2-6(5)10)7(11)8(12)13/h1-3,7,11H,10H2,(H,12,13). The lowest BCUT2D eigenvalue weighted by Crippen LogP contribution is -2.10. The van der Waals surface area contributed by atoms with E-state index in [9.17, 15) is 4.79 Å². The highest BCUT2D eigenvalue weighted by Gasteiger charge is 2.16. The lowest BCUT2D eigenvalue weighted by Gasteiger charge is -2.06. The average Bonchev–Trinajstić information content (AvgIpc) is 2.08. The second kappa shape index (κ2) is 3.93. The molecule has 0 saturated heterocycles. The molecular weight excluding hydrogens is 285 g/mol. The number of halogens is 1. The minimum Gasteiger partial charge on any atom is -0.479 e. The van der Waals surface area contributed by atoms with E-state index in [2.05, 4.69) is 0 Å². The van der Waals surface area contributed by atoms with Crippen molar-refractivity contribution >= 4 is 34.2 Å². The summed E-state index contributed by atoms with van der Waals surface area (Å²) in [6.45, 7) is 0. The van der Waals surface area contributed by atoms with Gasteiger partial charge in [0.15, 0.2) is 6.10 Å². The van der Waals surface area contributed by atoms with Crippen molar-refractivity contribution in [1.82, 2.24) is 0 Å². The van der Waals surface area contributed by atoms with E-state index in [4.69, 9.17) is 15.9 Å². The van der Waals surface area contributed by atoms with Crippen LogP contribution in [0.1, 0.15) is 11.7 Å². The molecule has 70 valence electrons. The molecule has 0 heterocycles. The highest BCUT2D eigenvalue weighted by Crippen LogP contribution is 2.20. The van der Waals surface area contributed by atoms with E-state index in [1.54, 1.807) is 12.1 Å². The zero-order valence-corrected chi connectivity index (χ0v) is 8.72. The molecule has 4 N–H and O–H groups in total. The number of carbonyl (C=O) groups is 1. The predicted molar refractivity (Wildman–Crippen MR) is 56.2 cm³/mol. The van der Waals surface area contributed by atoms with Gasteiger partial charge in [-0.15, -0.1) is 0 Å². The Labute approximate surface area is 88.5 Å². The molecule has 0 spiro atoms. The van der Waals surface area contributed by atoms with Gasteiger partial charge in [0.25, 0.3) is 0 Å². The van der Waals surface area contributed by atoms with Gasteiger partial charge in [0.05, 0.1) is 0 Å². The summed E-state index contributed by atoms with van der Waals surface area (Å²) in [7, 11) is 0. The van der Waals surface area contributed by atoms with E-state index < -0.39 is 12.1 Å². The summed E-state index contributed by atoms with van der Waals surface area (Å²) < 4.78 is 0.732. The van der Waals surface area contributed by atoms with Gasteiger partial charge in [0.1, 0.15) is 0 Å². The number of hydrogen-bond donors (Lipinski definition) is 3. The Kier molecular flexibility index (Phi) is 3.10. The molecule has 0 saturated carbocycles. The zero-order chi connectivity index (χ0) is 10.0. The first kappa shape index (κ1) is 10.3. The predicted octanol–water partition coefficient (Wildman–Crippen LogP) is 0.991. The molecule has 4 nitrogen and oxygen atoms in total. The lowest BCUT2D eigenvalue weighted by molar-refractivity contribution is -0.146. The fraction of sp³-hybridized carbons (Fsp3) is 0.125. The van der Waals surface area contributed by atoms with Crippen LogP contribution < -0.4 is 5.73 Å². The molecule has 0 amide bonds. The molecular formula is C8H8INO3. The maximum atomic E-state index is 10.4. The molecule has 0 aliphatic carbocycles. The van der Waals surface area contributed by atoms with Gasteiger partial charge in [-0.2, -0.15) is 0 Å². The lowest BCUT2D eigenvalue weighted by atomic mass is 10.1.